The smallest absolute Gasteiger partial charge is 0.230 e. The summed E-state index contributed by atoms with van der Waals surface area (Å²) in [5, 5.41) is 8.95. The van der Waals surface area contributed by atoms with Gasteiger partial charge in [0.1, 0.15) is 5.01 Å². The minimum absolute atomic E-state index is 0.0880. The molecule has 1 saturated heterocycles. The normalized spacial score (nSPS) is 15.1. The summed E-state index contributed by atoms with van der Waals surface area (Å²) in [5.74, 6) is 0.193. The largest absolute Gasteiger partial charge is 0.326 e. The van der Waals surface area contributed by atoms with Gasteiger partial charge in [0, 0.05) is 35.9 Å². The van der Waals surface area contributed by atoms with Gasteiger partial charge in [0.05, 0.1) is 5.92 Å². The summed E-state index contributed by atoms with van der Waals surface area (Å²) >= 11 is 1.59. The predicted octanol–water partition coefficient (Wildman–Crippen LogP) is 1.97. The Bertz CT molecular complexity index is 549. The van der Waals surface area contributed by atoms with Crippen LogP contribution in [-0.2, 0) is 4.79 Å². The number of amides is 1. The van der Waals surface area contributed by atoms with Crippen LogP contribution in [0, 0.1) is 5.92 Å². The van der Waals surface area contributed by atoms with Gasteiger partial charge in [0.15, 0.2) is 0 Å². The Morgan fingerprint density at radius 2 is 2.33 bits per heavy atom. The molecule has 1 amide bonds. The molecular formula is C13H13N3OS. The first kappa shape index (κ1) is 11.4. The Morgan fingerprint density at radius 1 is 1.44 bits per heavy atom. The van der Waals surface area contributed by atoms with Crippen LogP contribution in [0.1, 0.15) is 0 Å². The van der Waals surface area contributed by atoms with Crippen molar-refractivity contribution in [2.75, 3.05) is 18.4 Å². The second kappa shape index (κ2) is 4.88. The molecule has 4 nitrogen and oxygen atoms in total. The molecule has 1 aliphatic heterocycles. The maximum absolute atomic E-state index is 11.8. The van der Waals surface area contributed by atoms with E-state index in [4.69, 9.17) is 0 Å². The zero-order valence-electron chi connectivity index (χ0n) is 9.72. The van der Waals surface area contributed by atoms with Crippen molar-refractivity contribution < 1.29 is 4.79 Å². The quantitative estimate of drug-likeness (QED) is 0.886. The molecular weight excluding hydrogens is 246 g/mol. The highest BCUT2D eigenvalue weighted by Gasteiger charge is 2.24. The number of hydrogen-bond donors (Lipinski definition) is 2. The number of nitrogens with one attached hydrogen (secondary N) is 2. The van der Waals surface area contributed by atoms with Gasteiger partial charge >= 0.3 is 0 Å². The molecule has 0 saturated carbocycles. The van der Waals surface area contributed by atoms with Crippen molar-refractivity contribution in [1.29, 1.82) is 0 Å². The molecule has 3 rings (SSSR count). The summed E-state index contributed by atoms with van der Waals surface area (Å²) in [7, 11) is 0. The molecule has 18 heavy (non-hydrogen) atoms. The molecule has 1 aliphatic rings. The summed E-state index contributed by atoms with van der Waals surface area (Å²) in [5.41, 5.74) is 1.87. The van der Waals surface area contributed by atoms with E-state index in [1.807, 2.05) is 29.6 Å². The van der Waals surface area contributed by atoms with Crippen LogP contribution in [0.25, 0.3) is 10.6 Å². The van der Waals surface area contributed by atoms with Crippen molar-refractivity contribution in [1.82, 2.24) is 10.3 Å². The molecule has 0 aliphatic carbocycles. The Kier molecular flexibility index (Phi) is 3.08. The van der Waals surface area contributed by atoms with Crippen molar-refractivity contribution in [3.05, 3.63) is 35.8 Å². The molecule has 2 heterocycles. The van der Waals surface area contributed by atoms with E-state index in [0.29, 0.717) is 0 Å². The minimum atomic E-state index is 0.0880. The van der Waals surface area contributed by atoms with Gasteiger partial charge in [0.25, 0.3) is 0 Å². The fourth-order valence-corrected chi connectivity index (χ4v) is 2.45. The van der Waals surface area contributed by atoms with Crippen LogP contribution in [0.3, 0.4) is 0 Å². The fourth-order valence-electron chi connectivity index (χ4n) is 1.81. The molecule has 92 valence electrons. The third kappa shape index (κ3) is 2.27. The summed E-state index contributed by atoms with van der Waals surface area (Å²) in [4.78, 5) is 16.1. The molecule has 0 bridgehead atoms. The lowest BCUT2D eigenvalue weighted by molar-refractivity contribution is -0.121. The topological polar surface area (TPSA) is 54.0 Å². The lowest BCUT2D eigenvalue weighted by atomic mass is 10.0. The second-order valence-corrected chi connectivity index (χ2v) is 5.16. The zero-order valence-corrected chi connectivity index (χ0v) is 10.5. The van der Waals surface area contributed by atoms with E-state index in [2.05, 4.69) is 15.6 Å². The first-order chi connectivity index (χ1) is 8.83. The van der Waals surface area contributed by atoms with Gasteiger partial charge < -0.3 is 10.6 Å². The molecule has 1 aromatic heterocycles. The van der Waals surface area contributed by atoms with Gasteiger partial charge in [-0.3, -0.25) is 4.79 Å². The Morgan fingerprint density at radius 3 is 3.00 bits per heavy atom. The molecule has 1 aromatic carbocycles. The van der Waals surface area contributed by atoms with E-state index in [1.54, 1.807) is 17.5 Å². The van der Waals surface area contributed by atoms with Gasteiger partial charge in [-0.2, -0.15) is 0 Å². The first-order valence-electron chi connectivity index (χ1n) is 5.84. The third-order valence-corrected chi connectivity index (χ3v) is 3.78. The average Bonchev–Trinajstić information content (AvgIpc) is 2.80. The average molecular weight is 259 g/mol. The number of aromatic nitrogens is 1. The SMILES string of the molecule is O=C(Nc1cccc(-c2nccs2)c1)C1CNC1. The van der Waals surface area contributed by atoms with Crippen LogP contribution in [0.5, 0.6) is 0 Å². The number of benzene rings is 1. The van der Waals surface area contributed by atoms with E-state index in [0.717, 1.165) is 29.3 Å². The molecule has 5 heteroatoms. The van der Waals surface area contributed by atoms with E-state index in [-0.39, 0.29) is 11.8 Å². The summed E-state index contributed by atoms with van der Waals surface area (Å²) in [6.45, 7) is 1.55. The summed E-state index contributed by atoms with van der Waals surface area (Å²) < 4.78 is 0. The number of anilines is 1. The van der Waals surface area contributed by atoms with Gasteiger partial charge in [0.2, 0.25) is 5.91 Å². The van der Waals surface area contributed by atoms with E-state index >= 15 is 0 Å². The van der Waals surface area contributed by atoms with Crippen LogP contribution in [-0.4, -0.2) is 24.0 Å². The summed E-state index contributed by atoms with van der Waals surface area (Å²) in [6.07, 6.45) is 1.78. The molecule has 1 fully saturated rings. The van der Waals surface area contributed by atoms with E-state index in [9.17, 15) is 4.79 Å². The van der Waals surface area contributed by atoms with Gasteiger partial charge in [-0.15, -0.1) is 11.3 Å². The third-order valence-electron chi connectivity index (χ3n) is 2.96. The number of nitrogens with zero attached hydrogens (tertiary/aromatic N) is 1. The highest BCUT2D eigenvalue weighted by molar-refractivity contribution is 7.13. The van der Waals surface area contributed by atoms with Crippen LogP contribution in [0.4, 0.5) is 5.69 Å². The molecule has 0 atom stereocenters. The number of carbonyl (C=O) groups excluding carboxylic acids is 1. The van der Waals surface area contributed by atoms with Gasteiger partial charge in [-0.05, 0) is 12.1 Å². The lowest BCUT2D eigenvalue weighted by Gasteiger charge is -2.25. The standard InChI is InChI=1S/C13H13N3OS/c17-12(10-7-14-8-10)16-11-3-1-2-9(6-11)13-15-4-5-18-13/h1-6,10,14H,7-8H2,(H,16,17). The Labute approximate surface area is 109 Å². The van der Waals surface area contributed by atoms with Crippen molar-refractivity contribution in [3.8, 4) is 10.6 Å². The second-order valence-electron chi connectivity index (χ2n) is 4.26. The molecule has 0 unspecified atom stereocenters. The number of rotatable bonds is 3. The van der Waals surface area contributed by atoms with Crippen LogP contribution < -0.4 is 10.6 Å². The van der Waals surface area contributed by atoms with Crippen LogP contribution in [0.15, 0.2) is 35.8 Å². The first-order valence-corrected chi connectivity index (χ1v) is 6.72. The Hall–Kier alpha value is -1.72. The van der Waals surface area contributed by atoms with Crippen LogP contribution >= 0.6 is 11.3 Å². The monoisotopic (exact) mass is 259 g/mol. The van der Waals surface area contributed by atoms with Crippen LogP contribution in [0.2, 0.25) is 0 Å². The van der Waals surface area contributed by atoms with Crippen molar-refractivity contribution in [2.45, 2.75) is 0 Å². The number of carbonyl (C=O) groups is 1. The van der Waals surface area contributed by atoms with E-state index in [1.165, 1.54) is 0 Å². The van der Waals surface area contributed by atoms with E-state index < -0.39 is 0 Å². The number of thiazole rings is 1. The van der Waals surface area contributed by atoms with Crippen molar-refractivity contribution >= 4 is 22.9 Å². The van der Waals surface area contributed by atoms with Crippen molar-refractivity contribution in [2.24, 2.45) is 5.92 Å². The number of hydrogen-bond acceptors (Lipinski definition) is 4. The lowest BCUT2D eigenvalue weighted by Crippen LogP contribution is -2.48. The van der Waals surface area contributed by atoms with Gasteiger partial charge in [-0.1, -0.05) is 12.1 Å². The van der Waals surface area contributed by atoms with Gasteiger partial charge in [-0.25, -0.2) is 4.98 Å². The molecule has 0 spiro atoms. The molecule has 0 radical (unpaired) electrons. The minimum Gasteiger partial charge on any atom is -0.326 e. The predicted molar refractivity (Wildman–Crippen MR) is 72.5 cm³/mol. The highest BCUT2D eigenvalue weighted by Crippen LogP contribution is 2.24. The maximum atomic E-state index is 11.8. The molecule has 2 N–H and O–H groups in total. The van der Waals surface area contributed by atoms with Crippen molar-refractivity contribution in [3.63, 3.8) is 0 Å². The summed E-state index contributed by atoms with van der Waals surface area (Å²) in [6, 6.07) is 7.80. The zero-order chi connectivity index (χ0) is 12.4. The molecule has 2 aromatic rings. The Balaban J connectivity index is 1.76. The fraction of sp³-hybridized carbons (Fsp3) is 0.231. The highest BCUT2D eigenvalue weighted by atomic mass is 32.1. The maximum Gasteiger partial charge on any atom is 0.230 e.